The number of nitrogen functional groups attached to an aromatic ring is 2. The monoisotopic (exact) mass is 268 g/mol. The molecule has 3 rings (SSSR count). The van der Waals surface area contributed by atoms with Gasteiger partial charge in [0, 0.05) is 12.8 Å². The molecule has 1 fully saturated rings. The van der Waals surface area contributed by atoms with Gasteiger partial charge in [-0.25, -0.2) is 0 Å². The molecule has 1 aliphatic rings. The summed E-state index contributed by atoms with van der Waals surface area (Å²) >= 11 is 2.96. The summed E-state index contributed by atoms with van der Waals surface area (Å²) in [7, 11) is 0. The van der Waals surface area contributed by atoms with Gasteiger partial charge in [0.1, 0.15) is 10.0 Å². The Bertz CT molecular complexity index is 475. The fourth-order valence-electron chi connectivity index (χ4n) is 1.96. The number of nitrogens with two attached hydrogens (primary N) is 2. The Morgan fingerprint density at radius 2 is 1.35 bits per heavy atom. The lowest BCUT2D eigenvalue weighted by Gasteiger charge is -1.94. The molecule has 0 radical (unpaired) electrons. The maximum absolute atomic E-state index is 5.55. The molecule has 2 aromatic heterocycles. The van der Waals surface area contributed by atoms with Crippen molar-refractivity contribution in [1.29, 1.82) is 0 Å². The third-order valence-electron chi connectivity index (χ3n) is 2.91. The van der Waals surface area contributed by atoms with Crippen LogP contribution in [-0.4, -0.2) is 20.4 Å². The van der Waals surface area contributed by atoms with Crippen molar-refractivity contribution in [3.8, 4) is 0 Å². The molecule has 17 heavy (non-hydrogen) atoms. The molecule has 0 aliphatic heterocycles. The highest BCUT2D eigenvalue weighted by Gasteiger charge is 2.38. The lowest BCUT2D eigenvalue weighted by Crippen LogP contribution is -1.93. The van der Waals surface area contributed by atoms with E-state index in [1.807, 2.05) is 0 Å². The van der Waals surface area contributed by atoms with Gasteiger partial charge >= 0.3 is 0 Å². The molecular formula is C9H12N6S2. The second kappa shape index (κ2) is 4.19. The van der Waals surface area contributed by atoms with E-state index in [1.165, 1.54) is 29.1 Å². The van der Waals surface area contributed by atoms with Crippen LogP contribution in [0.3, 0.4) is 0 Å². The first-order chi connectivity index (χ1) is 8.20. The maximum Gasteiger partial charge on any atom is 0.203 e. The third kappa shape index (κ3) is 2.52. The smallest absolute Gasteiger partial charge is 0.203 e. The van der Waals surface area contributed by atoms with E-state index < -0.39 is 0 Å². The molecule has 1 aliphatic carbocycles. The standard InChI is InChI=1S/C9H12N6S2/c10-8-14-12-6(16-8)2-4-1-5(4)3-7-13-15-9(11)17-7/h4-5H,1-3H2,(H2,10,14)(H2,11,15)/t4-,5?/m0/s1. The Morgan fingerprint density at radius 3 is 1.71 bits per heavy atom. The normalized spacial score (nSPS) is 22.8. The number of aromatic nitrogens is 4. The third-order valence-corrected chi connectivity index (χ3v) is 4.46. The van der Waals surface area contributed by atoms with Crippen LogP contribution in [-0.2, 0) is 12.8 Å². The van der Waals surface area contributed by atoms with E-state index in [0.717, 1.165) is 22.9 Å². The van der Waals surface area contributed by atoms with Crippen LogP contribution in [0, 0.1) is 11.8 Å². The van der Waals surface area contributed by atoms with Crippen LogP contribution in [0.4, 0.5) is 10.3 Å². The van der Waals surface area contributed by atoms with E-state index >= 15 is 0 Å². The van der Waals surface area contributed by atoms with Crippen LogP contribution < -0.4 is 11.5 Å². The van der Waals surface area contributed by atoms with E-state index in [-0.39, 0.29) is 0 Å². The highest BCUT2D eigenvalue weighted by Crippen LogP contribution is 2.44. The number of nitrogens with zero attached hydrogens (tertiary/aromatic N) is 4. The second-order valence-electron chi connectivity index (χ2n) is 4.23. The molecule has 90 valence electrons. The van der Waals surface area contributed by atoms with E-state index in [0.29, 0.717) is 22.1 Å². The molecule has 1 saturated carbocycles. The van der Waals surface area contributed by atoms with Crippen LogP contribution >= 0.6 is 22.7 Å². The first-order valence-electron chi connectivity index (χ1n) is 5.36. The summed E-state index contributed by atoms with van der Waals surface area (Å²) < 4.78 is 0. The molecule has 0 saturated heterocycles. The fraction of sp³-hybridized carbons (Fsp3) is 0.556. The summed E-state index contributed by atoms with van der Waals surface area (Å²) in [6.07, 6.45) is 3.18. The number of hydrogen-bond acceptors (Lipinski definition) is 8. The lowest BCUT2D eigenvalue weighted by molar-refractivity contribution is 0.681. The Morgan fingerprint density at radius 1 is 0.882 bits per heavy atom. The topological polar surface area (TPSA) is 104 Å². The summed E-state index contributed by atoms with van der Waals surface area (Å²) in [6, 6.07) is 0. The van der Waals surface area contributed by atoms with Gasteiger partial charge in [0.15, 0.2) is 0 Å². The average molecular weight is 268 g/mol. The number of rotatable bonds is 4. The SMILES string of the molecule is Nc1nnc(CC2C[C@H]2Cc2nnc(N)s2)s1. The minimum atomic E-state index is 0.550. The van der Waals surface area contributed by atoms with Crippen LogP contribution in [0.2, 0.25) is 0 Å². The van der Waals surface area contributed by atoms with Crippen molar-refractivity contribution in [1.82, 2.24) is 20.4 Å². The van der Waals surface area contributed by atoms with Gasteiger partial charge in [-0.05, 0) is 18.3 Å². The highest BCUT2D eigenvalue weighted by atomic mass is 32.1. The predicted molar refractivity (Wildman–Crippen MR) is 67.6 cm³/mol. The van der Waals surface area contributed by atoms with Crippen molar-refractivity contribution in [3.63, 3.8) is 0 Å². The van der Waals surface area contributed by atoms with Gasteiger partial charge in [-0.3, -0.25) is 0 Å². The van der Waals surface area contributed by atoms with Crippen molar-refractivity contribution in [2.45, 2.75) is 19.3 Å². The van der Waals surface area contributed by atoms with Crippen molar-refractivity contribution >= 4 is 32.9 Å². The van der Waals surface area contributed by atoms with Gasteiger partial charge < -0.3 is 11.5 Å². The van der Waals surface area contributed by atoms with E-state index in [4.69, 9.17) is 11.5 Å². The van der Waals surface area contributed by atoms with E-state index in [1.54, 1.807) is 0 Å². The largest absolute Gasteiger partial charge is 0.374 e. The van der Waals surface area contributed by atoms with Crippen molar-refractivity contribution in [2.24, 2.45) is 11.8 Å². The molecule has 0 spiro atoms. The van der Waals surface area contributed by atoms with Crippen molar-refractivity contribution in [2.75, 3.05) is 11.5 Å². The number of anilines is 2. The van der Waals surface area contributed by atoms with Gasteiger partial charge in [0.25, 0.3) is 0 Å². The summed E-state index contributed by atoms with van der Waals surface area (Å²) in [6.45, 7) is 0. The van der Waals surface area contributed by atoms with Gasteiger partial charge in [-0.1, -0.05) is 22.7 Å². The van der Waals surface area contributed by atoms with Crippen LogP contribution in [0.1, 0.15) is 16.4 Å². The average Bonchev–Trinajstić information content (AvgIpc) is 2.67. The molecular weight excluding hydrogens is 256 g/mol. The molecule has 0 aromatic carbocycles. The maximum atomic E-state index is 5.55. The molecule has 0 amide bonds. The second-order valence-corrected chi connectivity index (χ2v) is 6.42. The summed E-state index contributed by atoms with van der Waals surface area (Å²) in [5, 5.41) is 18.9. The zero-order chi connectivity index (χ0) is 11.8. The zero-order valence-electron chi connectivity index (χ0n) is 9.04. The summed E-state index contributed by atoms with van der Waals surface area (Å²) in [5.41, 5.74) is 11.1. The van der Waals surface area contributed by atoms with Crippen molar-refractivity contribution in [3.05, 3.63) is 10.0 Å². The summed E-state index contributed by atoms with van der Waals surface area (Å²) in [4.78, 5) is 0. The Kier molecular flexibility index (Phi) is 2.67. The Hall–Kier alpha value is -1.28. The minimum Gasteiger partial charge on any atom is -0.374 e. The Balaban J connectivity index is 1.53. The summed E-state index contributed by atoms with van der Waals surface area (Å²) in [5.74, 6) is 1.37. The quantitative estimate of drug-likeness (QED) is 0.856. The van der Waals surface area contributed by atoms with Crippen LogP contribution in [0.5, 0.6) is 0 Å². The van der Waals surface area contributed by atoms with Gasteiger partial charge in [-0.2, -0.15) is 0 Å². The number of hydrogen-bond donors (Lipinski definition) is 2. The first-order valence-corrected chi connectivity index (χ1v) is 6.99. The molecule has 2 heterocycles. The molecule has 4 N–H and O–H groups in total. The van der Waals surface area contributed by atoms with Gasteiger partial charge in [0.2, 0.25) is 10.3 Å². The molecule has 2 atom stereocenters. The predicted octanol–water partition coefficient (Wildman–Crippen LogP) is 0.975. The minimum absolute atomic E-state index is 0.550. The molecule has 2 aromatic rings. The van der Waals surface area contributed by atoms with Gasteiger partial charge in [-0.15, -0.1) is 20.4 Å². The molecule has 6 nitrogen and oxygen atoms in total. The van der Waals surface area contributed by atoms with Crippen molar-refractivity contribution < 1.29 is 0 Å². The fourth-order valence-corrected chi connectivity index (χ4v) is 3.36. The molecule has 0 bridgehead atoms. The van der Waals surface area contributed by atoms with Crippen LogP contribution in [0.15, 0.2) is 0 Å². The Labute approximate surface area is 106 Å². The first kappa shape index (κ1) is 10.8. The van der Waals surface area contributed by atoms with E-state index in [2.05, 4.69) is 20.4 Å². The highest BCUT2D eigenvalue weighted by molar-refractivity contribution is 7.15. The van der Waals surface area contributed by atoms with Crippen LogP contribution in [0.25, 0.3) is 0 Å². The molecule has 1 unspecified atom stereocenters. The van der Waals surface area contributed by atoms with Gasteiger partial charge in [0.05, 0.1) is 0 Å². The van der Waals surface area contributed by atoms with E-state index in [9.17, 15) is 0 Å². The molecule has 8 heteroatoms. The zero-order valence-corrected chi connectivity index (χ0v) is 10.7. The lowest BCUT2D eigenvalue weighted by atomic mass is 10.2.